The third kappa shape index (κ3) is 3.38. The molecule has 7 rings (SSSR count). The summed E-state index contributed by atoms with van der Waals surface area (Å²) in [7, 11) is 0. The maximum Gasteiger partial charge on any atom is 0.205 e. The number of aromatic nitrogens is 3. The summed E-state index contributed by atoms with van der Waals surface area (Å²) in [6.45, 7) is 1.99. The van der Waals surface area contributed by atoms with E-state index in [-0.39, 0.29) is 24.8 Å². The fourth-order valence-electron chi connectivity index (χ4n) is 6.27. The number of aliphatic hydroxyl groups excluding tert-OH is 1. The van der Waals surface area contributed by atoms with E-state index in [1.165, 1.54) is 16.1 Å². The van der Waals surface area contributed by atoms with Crippen molar-refractivity contribution in [3.63, 3.8) is 0 Å². The van der Waals surface area contributed by atoms with E-state index in [1.807, 2.05) is 48.5 Å². The summed E-state index contributed by atoms with van der Waals surface area (Å²) in [5.74, 6) is 0.325. The Balaban J connectivity index is 1.24. The first-order valence-corrected chi connectivity index (χ1v) is 13.6. The Morgan fingerprint density at radius 2 is 1.82 bits per heavy atom. The Bertz CT molecular complexity index is 1810. The molecule has 3 N–H and O–H groups in total. The molecule has 2 bridgehead atoms. The van der Waals surface area contributed by atoms with E-state index in [0.29, 0.717) is 45.3 Å². The number of hydrogen-bond acceptors (Lipinski definition) is 9. The zero-order chi connectivity index (χ0) is 27.6. The molecule has 0 aliphatic carbocycles. The Labute approximate surface area is 233 Å². The largest absolute Gasteiger partial charge is 0.494 e. The van der Waals surface area contributed by atoms with Crippen LogP contribution >= 0.6 is 11.5 Å². The quantitative estimate of drug-likeness (QED) is 0.265. The van der Waals surface area contributed by atoms with Gasteiger partial charge in [0.05, 0.1) is 52.2 Å². The molecule has 40 heavy (non-hydrogen) atoms. The van der Waals surface area contributed by atoms with Crippen LogP contribution in [0.2, 0.25) is 0 Å². The van der Waals surface area contributed by atoms with E-state index in [9.17, 15) is 20.6 Å². The molecule has 2 aliphatic heterocycles. The van der Waals surface area contributed by atoms with Crippen molar-refractivity contribution in [3.05, 3.63) is 83.6 Å². The highest BCUT2D eigenvalue weighted by atomic mass is 32.1. The highest BCUT2D eigenvalue weighted by molar-refractivity contribution is 7.09. The van der Waals surface area contributed by atoms with Crippen LogP contribution in [-0.4, -0.2) is 42.2 Å². The van der Waals surface area contributed by atoms with Gasteiger partial charge in [-0.15, -0.1) is 5.10 Å². The van der Waals surface area contributed by atoms with Crippen LogP contribution in [0.1, 0.15) is 36.5 Å². The van der Waals surface area contributed by atoms with Gasteiger partial charge in [0.1, 0.15) is 17.0 Å². The van der Waals surface area contributed by atoms with Gasteiger partial charge >= 0.3 is 0 Å². The number of fused-ring (bicyclic) bond motifs is 6. The van der Waals surface area contributed by atoms with Gasteiger partial charge < -0.3 is 24.8 Å². The maximum absolute atomic E-state index is 11.6. The molecule has 1 saturated heterocycles. The number of nitriles is 1. The van der Waals surface area contributed by atoms with Crippen LogP contribution in [0, 0.1) is 11.3 Å². The molecule has 2 aliphatic rings. The fourth-order valence-corrected chi connectivity index (χ4v) is 6.79. The van der Waals surface area contributed by atoms with Crippen LogP contribution in [-0.2, 0) is 15.9 Å². The summed E-state index contributed by atoms with van der Waals surface area (Å²) in [4.78, 5) is 0.964. The lowest BCUT2D eigenvalue weighted by Crippen LogP contribution is -2.33. The van der Waals surface area contributed by atoms with E-state index in [0.717, 1.165) is 10.4 Å². The summed E-state index contributed by atoms with van der Waals surface area (Å²) in [5, 5.41) is 49.0. The third-order valence-corrected chi connectivity index (χ3v) is 8.89. The molecular weight excluding hydrogens is 528 g/mol. The smallest absolute Gasteiger partial charge is 0.205 e. The van der Waals surface area contributed by atoms with Crippen LogP contribution in [0.3, 0.4) is 0 Å². The van der Waals surface area contributed by atoms with E-state index >= 15 is 0 Å². The predicted molar refractivity (Wildman–Crippen MR) is 148 cm³/mol. The average Bonchev–Trinajstić information content (AvgIpc) is 3.70. The van der Waals surface area contributed by atoms with Crippen molar-refractivity contribution in [2.24, 2.45) is 0 Å². The van der Waals surface area contributed by atoms with Gasteiger partial charge in [0.25, 0.3) is 0 Å². The molecule has 0 spiro atoms. The summed E-state index contributed by atoms with van der Waals surface area (Å²) < 4.78 is 17.8. The minimum Gasteiger partial charge on any atom is -0.494 e. The molecule has 2 aromatic heterocycles. The molecule has 10 heteroatoms. The zero-order valence-corrected chi connectivity index (χ0v) is 22.2. The number of rotatable bonds is 6. The van der Waals surface area contributed by atoms with Crippen molar-refractivity contribution < 1.29 is 24.8 Å². The summed E-state index contributed by atoms with van der Waals surface area (Å²) in [6.07, 6.45) is 1.43. The van der Waals surface area contributed by atoms with Crippen molar-refractivity contribution in [3.8, 4) is 39.7 Å². The van der Waals surface area contributed by atoms with Crippen molar-refractivity contribution >= 4 is 22.3 Å². The third-order valence-electron chi connectivity index (χ3n) is 8.18. The first-order valence-electron chi connectivity index (χ1n) is 12.8. The fraction of sp³-hybridized carbons (Fsp3) is 0.233. The van der Waals surface area contributed by atoms with Gasteiger partial charge in [0.15, 0.2) is 0 Å². The lowest BCUT2D eigenvalue weighted by molar-refractivity contribution is -0.107. The van der Waals surface area contributed by atoms with Crippen LogP contribution in [0.5, 0.6) is 17.5 Å². The second-order valence-electron chi connectivity index (χ2n) is 10.4. The number of aromatic hydroxyl groups is 2. The van der Waals surface area contributed by atoms with E-state index in [2.05, 4.69) is 15.7 Å². The second kappa shape index (κ2) is 8.79. The molecule has 0 saturated carbocycles. The lowest BCUT2D eigenvalue weighted by Gasteiger charge is -2.26. The predicted octanol–water partition coefficient (Wildman–Crippen LogP) is 5.11. The van der Waals surface area contributed by atoms with Crippen LogP contribution < -0.4 is 4.74 Å². The number of hydrogen-bond donors (Lipinski definition) is 3. The van der Waals surface area contributed by atoms with Crippen molar-refractivity contribution in [2.75, 3.05) is 6.61 Å². The van der Waals surface area contributed by atoms with Gasteiger partial charge in [-0.3, -0.25) is 4.57 Å². The number of ether oxygens (including phenoxy) is 2. The monoisotopic (exact) mass is 552 g/mol. The lowest BCUT2D eigenvalue weighted by atomic mass is 9.76. The van der Waals surface area contributed by atoms with Gasteiger partial charge in [-0.2, -0.15) is 5.26 Å². The highest BCUT2D eigenvalue weighted by Crippen LogP contribution is 2.65. The first-order chi connectivity index (χ1) is 19.4. The zero-order valence-electron chi connectivity index (χ0n) is 21.4. The molecular formula is C30H24N4O5S. The molecule has 200 valence electrons. The second-order valence-corrected chi connectivity index (χ2v) is 11.1. The summed E-state index contributed by atoms with van der Waals surface area (Å²) in [5.41, 5.74) is 0.606. The normalized spacial score (nSPS) is 22.9. The maximum atomic E-state index is 11.6. The van der Waals surface area contributed by atoms with Gasteiger partial charge in [0.2, 0.25) is 11.8 Å². The summed E-state index contributed by atoms with van der Waals surface area (Å²) >= 11 is 1.32. The van der Waals surface area contributed by atoms with E-state index in [1.54, 1.807) is 25.3 Å². The van der Waals surface area contributed by atoms with Crippen LogP contribution in [0.15, 0.2) is 66.9 Å². The molecule has 9 nitrogen and oxygen atoms in total. The van der Waals surface area contributed by atoms with Gasteiger partial charge in [0, 0.05) is 23.6 Å². The van der Waals surface area contributed by atoms with E-state index < -0.39 is 17.3 Å². The van der Waals surface area contributed by atoms with Crippen LogP contribution in [0.4, 0.5) is 0 Å². The Morgan fingerprint density at radius 3 is 2.55 bits per heavy atom. The SMILES string of the molecule is C[C@@]12O[C@@](CCOc3ccc(-c4cnns4)cc3)(C[C@H]1O)c1c2c(O)n(-c2ccc(C#N)c3ccccc23)c1O. The van der Waals surface area contributed by atoms with Crippen molar-refractivity contribution in [1.29, 1.82) is 5.26 Å². The minimum absolute atomic E-state index is 0.152. The summed E-state index contributed by atoms with van der Waals surface area (Å²) in [6, 6.07) is 20.6. The Hall–Kier alpha value is -4.43. The Kier molecular flexibility index (Phi) is 5.41. The highest BCUT2D eigenvalue weighted by Gasteiger charge is 2.66. The average molecular weight is 553 g/mol. The van der Waals surface area contributed by atoms with Crippen molar-refractivity contribution in [1.82, 2.24) is 14.2 Å². The van der Waals surface area contributed by atoms with Crippen LogP contribution in [0.25, 0.3) is 26.9 Å². The minimum atomic E-state index is -1.20. The molecule has 4 heterocycles. The topological polar surface area (TPSA) is 134 Å². The number of aliphatic hydroxyl groups is 1. The molecule has 3 atom stereocenters. The van der Waals surface area contributed by atoms with Crippen molar-refractivity contribution in [2.45, 2.75) is 37.1 Å². The molecule has 3 aromatic carbocycles. The molecule has 5 aromatic rings. The van der Waals surface area contributed by atoms with E-state index in [4.69, 9.17) is 9.47 Å². The molecule has 1 fully saturated rings. The van der Waals surface area contributed by atoms with Gasteiger partial charge in [-0.05, 0) is 60.4 Å². The first kappa shape index (κ1) is 24.6. The number of benzene rings is 3. The molecule has 0 unspecified atom stereocenters. The molecule has 0 amide bonds. The van der Waals surface area contributed by atoms with Gasteiger partial charge in [-0.1, -0.05) is 28.8 Å². The standard InChI is InChI=1S/C30H24N4O5S/c1-29-24(35)14-30(39-29,12-13-38-19-9-6-17(7-10-19)23-16-32-33-40-23)26-25(29)27(36)34(28(26)37)22-11-8-18(15-31)20-4-2-3-5-21(20)22/h2-11,16,24,35-37H,12-14H2,1H3/t24-,29-,30+/m1/s1. The van der Waals surface area contributed by atoms with Gasteiger partial charge in [-0.25, -0.2) is 0 Å². The number of nitrogens with zero attached hydrogens (tertiary/aromatic N) is 4. The molecule has 0 radical (unpaired) electrons. The Morgan fingerprint density at radius 1 is 1.07 bits per heavy atom.